The molecule has 22 heavy (non-hydrogen) atoms. The number of aryl methyl sites for hydroxylation is 1. The highest BCUT2D eigenvalue weighted by Crippen LogP contribution is 2.28. The molecule has 2 aromatic rings. The Bertz CT molecular complexity index is 820. The average Bonchev–Trinajstić information content (AvgIpc) is 2.83. The van der Waals surface area contributed by atoms with Crippen LogP contribution in [0.25, 0.3) is 6.08 Å². The van der Waals surface area contributed by atoms with Gasteiger partial charge < -0.3 is 15.8 Å². The number of hydrogen-bond donors (Lipinski definition) is 1. The molecular formula is C15H14N4O3. The lowest BCUT2D eigenvalue weighted by atomic mass is 9.86. The number of benzene rings is 1. The van der Waals surface area contributed by atoms with Crippen molar-refractivity contribution < 1.29 is 9.72 Å². The van der Waals surface area contributed by atoms with E-state index < -0.39 is 4.92 Å². The van der Waals surface area contributed by atoms with E-state index in [1.807, 2.05) is 6.07 Å². The molecule has 0 amide bonds. The van der Waals surface area contributed by atoms with E-state index >= 15 is 0 Å². The van der Waals surface area contributed by atoms with Crippen molar-refractivity contribution in [2.75, 3.05) is 5.73 Å². The van der Waals surface area contributed by atoms with Gasteiger partial charge in [0.2, 0.25) is 5.82 Å². The van der Waals surface area contributed by atoms with Crippen LogP contribution in [0, 0.1) is 10.1 Å². The Morgan fingerprint density at radius 2 is 2.18 bits per heavy atom. The van der Waals surface area contributed by atoms with Gasteiger partial charge in [0.05, 0.1) is 7.05 Å². The number of Topliss-reactive ketones (excluding diaryl/α,β-unsaturated/α-hetero) is 1. The largest absolute Gasteiger partial charge is 0.399 e. The summed E-state index contributed by atoms with van der Waals surface area (Å²) in [6, 6.07) is 5.24. The number of carbonyl (C=O) groups excluding carboxylic acids is 1. The molecule has 7 nitrogen and oxygen atoms in total. The molecule has 0 radical (unpaired) electrons. The Hall–Kier alpha value is -2.96. The van der Waals surface area contributed by atoms with Gasteiger partial charge in [-0.2, -0.15) is 0 Å². The lowest BCUT2D eigenvalue weighted by Crippen LogP contribution is -2.14. The van der Waals surface area contributed by atoms with Gasteiger partial charge in [-0.05, 0) is 41.5 Å². The summed E-state index contributed by atoms with van der Waals surface area (Å²) < 4.78 is 1.36. The Morgan fingerprint density at radius 1 is 1.41 bits per heavy atom. The Morgan fingerprint density at radius 3 is 2.86 bits per heavy atom. The molecule has 1 aliphatic carbocycles. The van der Waals surface area contributed by atoms with Crippen LogP contribution in [0.2, 0.25) is 0 Å². The van der Waals surface area contributed by atoms with E-state index in [-0.39, 0.29) is 11.6 Å². The van der Waals surface area contributed by atoms with Gasteiger partial charge >= 0.3 is 5.82 Å². The van der Waals surface area contributed by atoms with Crippen molar-refractivity contribution in [3.63, 3.8) is 0 Å². The van der Waals surface area contributed by atoms with Crippen LogP contribution in [0.5, 0.6) is 0 Å². The monoisotopic (exact) mass is 298 g/mol. The summed E-state index contributed by atoms with van der Waals surface area (Å²) in [5.74, 6) is 0.212. The number of anilines is 1. The fourth-order valence-corrected chi connectivity index (χ4v) is 2.61. The van der Waals surface area contributed by atoms with Gasteiger partial charge in [-0.25, -0.2) is 9.55 Å². The van der Waals surface area contributed by atoms with Crippen LogP contribution >= 0.6 is 0 Å². The van der Waals surface area contributed by atoms with Crippen molar-refractivity contribution in [1.82, 2.24) is 9.55 Å². The summed E-state index contributed by atoms with van der Waals surface area (Å²) >= 11 is 0. The number of nitrogen functional groups attached to an aromatic ring is 1. The van der Waals surface area contributed by atoms with Crippen molar-refractivity contribution in [3.8, 4) is 0 Å². The van der Waals surface area contributed by atoms with Gasteiger partial charge in [0, 0.05) is 22.9 Å². The Labute approximate surface area is 126 Å². The summed E-state index contributed by atoms with van der Waals surface area (Å²) in [5, 5.41) is 10.8. The summed E-state index contributed by atoms with van der Waals surface area (Å²) in [4.78, 5) is 26.8. The van der Waals surface area contributed by atoms with Crippen molar-refractivity contribution in [2.45, 2.75) is 12.8 Å². The second-order valence-electron chi connectivity index (χ2n) is 5.21. The first-order valence-corrected chi connectivity index (χ1v) is 6.77. The lowest BCUT2D eigenvalue weighted by Gasteiger charge is -2.17. The van der Waals surface area contributed by atoms with E-state index in [0.717, 1.165) is 5.56 Å². The maximum Gasteiger partial charge on any atom is 0.342 e. The molecule has 7 heteroatoms. The number of aromatic nitrogens is 2. The molecule has 112 valence electrons. The molecule has 0 fully saturated rings. The predicted octanol–water partition coefficient (Wildman–Crippen LogP) is 2.12. The van der Waals surface area contributed by atoms with Crippen LogP contribution < -0.4 is 5.73 Å². The Kier molecular flexibility index (Phi) is 3.25. The summed E-state index contributed by atoms with van der Waals surface area (Å²) in [6.45, 7) is 0. The maximum absolute atomic E-state index is 12.5. The minimum absolute atomic E-state index is 0.0769. The number of fused-ring (bicyclic) bond motifs is 1. The molecule has 0 saturated heterocycles. The minimum atomic E-state index is -0.504. The molecule has 0 atom stereocenters. The van der Waals surface area contributed by atoms with E-state index in [1.165, 1.54) is 10.8 Å². The second-order valence-corrected chi connectivity index (χ2v) is 5.21. The quantitative estimate of drug-likeness (QED) is 0.396. The van der Waals surface area contributed by atoms with E-state index in [2.05, 4.69) is 4.98 Å². The van der Waals surface area contributed by atoms with E-state index in [4.69, 9.17) is 5.73 Å². The van der Waals surface area contributed by atoms with Gasteiger partial charge in [0.1, 0.15) is 6.20 Å². The minimum Gasteiger partial charge on any atom is -0.399 e. The molecule has 3 rings (SSSR count). The zero-order valence-corrected chi connectivity index (χ0v) is 11.9. The molecule has 2 N–H and O–H groups in total. The third kappa shape index (κ3) is 2.26. The summed E-state index contributed by atoms with van der Waals surface area (Å²) in [6.07, 6.45) is 4.09. The van der Waals surface area contributed by atoms with E-state index in [0.29, 0.717) is 35.5 Å². The standard InChI is InChI=1S/C15H14N4O3/c1-18-13(17-8-14(18)19(21)22)7-10-3-2-9-6-11(16)4-5-12(9)15(10)20/h4-8H,2-3,16H2,1H3. The van der Waals surface area contributed by atoms with Crippen LogP contribution in [-0.4, -0.2) is 20.3 Å². The number of allylic oxidation sites excluding steroid dienone is 1. The van der Waals surface area contributed by atoms with E-state index in [1.54, 1.807) is 25.3 Å². The number of ketones is 1. The SMILES string of the molecule is Cn1c([N+](=O)[O-])cnc1C=C1CCc2cc(N)ccc2C1=O. The first kappa shape index (κ1) is 14.0. The van der Waals surface area contributed by atoms with Crippen molar-refractivity contribution >= 4 is 23.4 Å². The van der Waals surface area contributed by atoms with Crippen molar-refractivity contribution in [3.05, 3.63) is 57.0 Å². The van der Waals surface area contributed by atoms with Gasteiger partial charge in [0.15, 0.2) is 5.78 Å². The number of nitro groups is 1. The number of hydrogen-bond acceptors (Lipinski definition) is 5. The molecule has 1 aliphatic rings. The number of imidazole rings is 1. The van der Waals surface area contributed by atoms with Crippen molar-refractivity contribution in [1.29, 1.82) is 0 Å². The normalized spacial score (nSPS) is 15.9. The zero-order valence-electron chi connectivity index (χ0n) is 11.9. The van der Waals surface area contributed by atoms with Crippen LogP contribution in [0.4, 0.5) is 11.5 Å². The molecule has 0 spiro atoms. The first-order valence-electron chi connectivity index (χ1n) is 6.77. The van der Waals surface area contributed by atoms with Crippen molar-refractivity contribution in [2.24, 2.45) is 7.05 Å². The zero-order chi connectivity index (χ0) is 15.9. The highest BCUT2D eigenvalue weighted by molar-refractivity contribution is 6.13. The average molecular weight is 298 g/mol. The fourth-order valence-electron chi connectivity index (χ4n) is 2.61. The smallest absolute Gasteiger partial charge is 0.342 e. The van der Waals surface area contributed by atoms with Gasteiger partial charge in [-0.3, -0.25) is 4.79 Å². The first-order chi connectivity index (χ1) is 10.5. The third-order valence-electron chi connectivity index (χ3n) is 3.82. The topological polar surface area (TPSA) is 104 Å². The molecule has 0 saturated carbocycles. The second kappa shape index (κ2) is 5.10. The lowest BCUT2D eigenvalue weighted by molar-refractivity contribution is -0.391. The number of carbonyl (C=O) groups is 1. The maximum atomic E-state index is 12.5. The van der Waals surface area contributed by atoms with E-state index in [9.17, 15) is 14.9 Å². The third-order valence-corrected chi connectivity index (χ3v) is 3.82. The van der Waals surface area contributed by atoms with Crippen LogP contribution in [-0.2, 0) is 13.5 Å². The van der Waals surface area contributed by atoms with Gasteiger partial charge in [-0.15, -0.1) is 0 Å². The summed E-state index contributed by atoms with van der Waals surface area (Å²) in [5.41, 5.74) is 8.54. The molecule has 0 unspecified atom stereocenters. The number of nitrogens with zero attached hydrogens (tertiary/aromatic N) is 3. The van der Waals surface area contributed by atoms with Crippen LogP contribution in [0.1, 0.15) is 28.2 Å². The van der Waals surface area contributed by atoms with Gasteiger partial charge in [-0.1, -0.05) is 0 Å². The Balaban J connectivity index is 1.98. The summed E-state index contributed by atoms with van der Waals surface area (Å²) in [7, 11) is 1.56. The van der Waals surface area contributed by atoms with Crippen LogP contribution in [0.3, 0.4) is 0 Å². The molecule has 0 aliphatic heterocycles. The number of nitrogens with two attached hydrogens (primary N) is 1. The fraction of sp³-hybridized carbons (Fsp3) is 0.200. The molecule has 1 heterocycles. The van der Waals surface area contributed by atoms with Crippen LogP contribution in [0.15, 0.2) is 30.0 Å². The predicted molar refractivity (Wildman–Crippen MR) is 81.3 cm³/mol. The number of rotatable bonds is 2. The van der Waals surface area contributed by atoms with Gasteiger partial charge in [0.25, 0.3) is 0 Å². The molecule has 0 bridgehead atoms. The molecular weight excluding hydrogens is 284 g/mol. The molecule has 1 aromatic heterocycles. The molecule has 1 aromatic carbocycles. The highest BCUT2D eigenvalue weighted by atomic mass is 16.6. The highest BCUT2D eigenvalue weighted by Gasteiger charge is 2.24.